The Morgan fingerprint density at radius 3 is 2.46 bits per heavy atom. The summed E-state index contributed by atoms with van der Waals surface area (Å²) < 4.78 is 1.13. The number of aliphatic imine (C=N–C) groups is 1. The highest BCUT2D eigenvalue weighted by Crippen LogP contribution is 2.41. The van der Waals surface area contributed by atoms with Gasteiger partial charge in [-0.3, -0.25) is 4.99 Å². The molecule has 134 valence electrons. The molecule has 2 saturated carbocycles. The van der Waals surface area contributed by atoms with Gasteiger partial charge in [-0.1, -0.05) is 28.1 Å². The Hall–Kier alpha value is -0.340. The van der Waals surface area contributed by atoms with Crippen LogP contribution in [0, 0.1) is 0 Å². The minimum atomic E-state index is -0.113. The van der Waals surface area contributed by atoms with Crippen molar-refractivity contribution < 1.29 is 5.11 Å². The zero-order valence-electron chi connectivity index (χ0n) is 14.0. The van der Waals surface area contributed by atoms with Crippen LogP contribution < -0.4 is 10.6 Å². The molecule has 1 aromatic rings. The molecule has 3 rings (SSSR count). The maximum Gasteiger partial charge on any atom is 0.191 e. The first-order chi connectivity index (χ1) is 11.2. The number of nitrogens with one attached hydrogen (secondary N) is 2. The van der Waals surface area contributed by atoms with Gasteiger partial charge in [-0.15, -0.1) is 24.0 Å². The molecule has 0 bridgehead atoms. The monoisotopic (exact) mass is 507 g/mol. The van der Waals surface area contributed by atoms with Crippen molar-refractivity contribution in [3.8, 4) is 0 Å². The second-order valence-corrected chi connectivity index (χ2v) is 7.53. The lowest BCUT2D eigenvalue weighted by molar-refractivity contribution is 0.120. The van der Waals surface area contributed by atoms with Crippen molar-refractivity contribution in [2.45, 2.75) is 63.1 Å². The van der Waals surface area contributed by atoms with E-state index in [1.54, 1.807) is 0 Å². The van der Waals surface area contributed by atoms with E-state index in [1.807, 2.05) is 0 Å². The van der Waals surface area contributed by atoms with Crippen LogP contribution in [-0.2, 0) is 0 Å². The number of aliphatic hydroxyl groups is 1. The van der Waals surface area contributed by atoms with Crippen molar-refractivity contribution in [3.63, 3.8) is 0 Å². The molecular formula is C18H27BrIN3O. The van der Waals surface area contributed by atoms with Crippen LogP contribution >= 0.6 is 39.9 Å². The maximum atomic E-state index is 9.62. The molecule has 2 aliphatic rings. The minimum absolute atomic E-state index is 0. The van der Waals surface area contributed by atoms with Crippen molar-refractivity contribution in [1.82, 2.24) is 10.6 Å². The number of benzene rings is 1. The third-order valence-corrected chi connectivity index (χ3v) is 5.29. The summed E-state index contributed by atoms with van der Waals surface area (Å²) in [5.74, 6) is 1.51. The quantitative estimate of drug-likeness (QED) is 0.330. The molecule has 0 saturated heterocycles. The molecule has 2 unspecified atom stereocenters. The molecule has 0 spiro atoms. The van der Waals surface area contributed by atoms with Crippen molar-refractivity contribution in [3.05, 3.63) is 34.3 Å². The van der Waals surface area contributed by atoms with Crippen LogP contribution in [0.5, 0.6) is 0 Å². The predicted octanol–water partition coefficient (Wildman–Crippen LogP) is 3.78. The van der Waals surface area contributed by atoms with Crippen LogP contribution in [0.15, 0.2) is 33.7 Å². The largest absolute Gasteiger partial charge is 0.393 e. The van der Waals surface area contributed by atoms with E-state index in [9.17, 15) is 5.11 Å². The van der Waals surface area contributed by atoms with Gasteiger partial charge in [0.05, 0.1) is 6.10 Å². The van der Waals surface area contributed by atoms with Crippen LogP contribution in [0.4, 0.5) is 0 Å². The third kappa shape index (κ3) is 5.59. The number of hydrogen-bond donors (Lipinski definition) is 3. The molecule has 1 aromatic carbocycles. The maximum absolute atomic E-state index is 9.62. The minimum Gasteiger partial charge on any atom is -0.393 e. The Morgan fingerprint density at radius 1 is 1.17 bits per heavy atom. The summed E-state index contributed by atoms with van der Waals surface area (Å²) in [6.07, 6.45) is 4.87. The molecule has 0 aromatic heterocycles. The first-order valence-corrected chi connectivity index (χ1v) is 9.46. The summed E-state index contributed by atoms with van der Waals surface area (Å²) in [4.78, 5) is 4.58. The topological polar surface area (TPSA) is 56.7 Å². The van der Waals surface area contributed by atoms with Crippen molar-refractivity contribution in [2.24, 2.45) is 4.99 Å². The van der Waals surface area contributed by atoms with E-state index < -0.39 is 0 Å². The Kier molecular flexibility index (Phi) is 7.81. The molecule has 0 amide bonds. The van der Waals surface area contributed by atoms with Crippen molar-refractivity contribution in [2.75, 3.05) is 6.54 Å². The highest BCUT2D eigenvalue weighted by atomic mass is 127. The fraction of sp³-hybridized carbons (Fsp3) is 0.611. The standard InChI is InChI=1S/C18H26BrN3O.HI/c1-2-20-18(21-14-7-9-15(23)10-8-14)22-17-11-16(17)12-3-5-13(19)6-4-12;/h3-6,14-17,23H,2,7-11H2,1H3,(H2,20,21,22);1H. The summed E-state index contributed by atoms with van der Waals surface area (Å²) in [6, 6.07) is 9.52. The molecule has 2 atom stereocenters. The molecule has 2 fully saturated rings. The van der Waals surface area contributed by atoms with Gasteiger partial charge < -0.3 is 15.7 Å². The van der Waals surface area contributed by atoms with Crippen LogP contribution in [0.1, 0.15) is 50.5 Å². The fourth-order valence-corrected chi connectivity index (χ4v) is 3.58. The van der Waals surface area contributed by atoms with Crippen molar-refractivity contribution >= 4 is 45.9 Å². The summed E-state index contributed by atoms with van der Waals surface area (Å²) in [5, 5.41) is 16.8. The van der Waals surface area contributed by atoms with Crippen LogP contribution in [0.2, 0.25) is 0 Å². The Bertz CT molecular complexity index is 544. The average Bonchev–Trinajstić information content (AvgIpc) is 3.30. The molecule has 0 heterocycles. The normalized spacial score (nSPS) is 29.5. The van der Waals surface area contributed by atoms with Gasteiger partial charge in [0.1, 0.15) is 0 Å². The van der Waals surface area contributed by atoms with Gasteiger partial charge in [0, 0.05) is 29.0 Å². The highest BCUT2D eigenvalue weighted by molar-refractivity contribution is 14.0. The van der Waals surface area contributed by atoms with E-state index in [1.165, 1.54) is 5.56 Å². The van der Waals surface area contributed by atoms with Gasteiger partial charge in [0.15, 0.2) is 5.96 Å². The number of rotatable bonds is 4. The molecule has 0 aliphatic heterocycles. The Balaban J connectivity index is 0.00000208. The first-order valence-electron chi connectivity index (χ1n) is 8.66. The second-order valence-electron chi connectivity index (χ2n) is 6.62. The van der Waals surface area contributed by atoms with Gasteiger partial charge >= 0.3 is 0 Å². The van der Waals surface area contributed by atoms with E-state index >= 15 is 0 Å². The molecule has 6 heteroatoms. The zero-order valence-corrected chi connectivity index (χ0v) is 18.0. The number of halogens is 2. The summed E-state index contributed by atoms with van der Waals surface area (Å²) >= 11 is 3.49. The van der Waals surface area contributed by atoms with Gasteiger partial charge in [-0.2, -0.15) is 0 Å². The highest BCUT2D eigenvalue weighted by Gasteiger charge is 2.39. The lowest BCUT2D eigenvalue weighted by Gasteiger charge is -2.27. The fourth-order valence-electron chi connectivity index (χ4n) is 3.31. The second kappa shape index (κ2) is 9.38. The van der Waals surface area contributed by atoms with Crippen LogP contribution in [0.3, 0.4) is 0 Å². The summed E-state index contributed by atoms with van der Waals surface area (Å²) in [7, 11) is 0. The first kappa shape index (κ1) is 20.0. The molecule has 0 radical (unpaired) electrons. The van der Waals surface area contributed by atoms with Gasteiger partial charge in [0.2, 0.25) is 0 Å². The van der Waals surface area contributed by atoms with E-state index in [0.717, 1.165) is 49.1 Å². The number of nitrogens with zero attached hydrogens (tertiary/aromatic N) is 1. The average molecular weight is 508 g/mol. The third-order valence-electron chi connectivity index (χ3n) is 4.76. The van der Waals surface area contributed by atoms with E-state index in [0.29, 0.717) is 18.0 Å². The summed E-state index contributed by atoms with van der Waals surface area (Å²) in [5.41, 5.74) is 1.39. The number of guanidine groups is 1. The van der Waals surface area contributed by atoms with Gasteiger partial charge in [-0.25, -0.2) is 0 Å². The van der Waals surface area contributed by atoms with E-state index in [4.69, 9.17) is 0 Å². The van der Waals surface area contributed by atoms with Gasteiger partial charge in [-0.05, 0) is 56.7 Å². The zero-order chi connectivity index (χ0) is 16.2. The van der Waals surface area contributed by atoms with Gasteiger partial charge in [0.25, 0.3) is 0 Å². The number of hydrogen-bond acceptors (Lipinski definition) is 2. The van der Waals surface area contributed by atoms with E-state index in [2.05, 4.69) is 62.7 Å². The lowest BCUT2D eigenvalue weighted by atomic mass is 9.93. The van der Waals surface area contributed by atoms with E-state index in [-0.39, 0.29) is 30.1 Å². The lowest BCUT2D eigenvalue weighted by Crippen LogP contribution is -2.46. The number of aliphatic hydroxyl groups excluding tert-OH is 1. The molecule has 2 aliphatic carbocycles. The molecule has 3 N–H and O–H groups in total. The Labute approximate surface area is 170 Å². The molecular weight excluding hydrogens is 481 g/mol. The predicted molar refractivity (Wildman–Crippen MR) is 113 cm³/mol. The van der Waals surface area contributed by atoms with Crippen molar-refractivity contribution in [1.29, 1.82) is 0 Å². The Morgan fingerprint density at radius 2 is 1.83 bits per heavy atom. The van der Waals surface area contributed by atoms with Crippen LogP contribution in [0.25, 0.3) is 0 Å². The van der Waals surface area contributed by atoms with Crippen LogP contribution in [-0.4, -0.2) is 35.8 Å². The summed E-state index contributed by atoms with van der Waals surface area (Å²) in [6.45, 7) is 2.84. The SMILES string of the molecule is CCN=C(NC1CCC(O)CC1)NC1CC1c1ccc(Br)cc1.I. The molecule has 24 heavy (non-hydrogen) atoms. The molecule has 4 nitrogen and oxygen atoms in total. The smallest absolute Gasteiger partial charge is 0.191 e.